The molecule has 8 heteroatoms. The molecule has 0 aliphatic carbocycles. The molecule has 1 aromatic rings. The van der Waals surface area contributed by atoms with Gasteiger partial charge in [-0.3, -0.25) is 4.79 Å². The first kappa shape index (κ1) is 17.1. The smallest absolute Gasteiger partial charge is 0.265 e. The molecule has 1 aromatic carbocycles. The highest BCUT2D eigenvalue weighted by Gasteiger charge is 2.22. The van der Waals surface area contributed by atoms with Crippen LogP contribution in [0.15, 0.2) is 23.1 Å². The van der Waals surface area contributed by atoms with Gasteiger partial charge in [0, 0.05) is 21.7 Å². The fraction of sp³-hybridized carbons (Fsp3) is 0.417. The van der Waals surface area contributed by atoms with Crippen LogP contribution in [-0.2, 0) is 13.8 Å². The molecule has 112 valence electrons. The van der Waals surface area contributed by atoms with Crippen LogP contribution in [0, 0.1) is 0 Å². The number of halogens is 2. The predicted octanol–water partition coefficient (Wildman–Crippen LogP) is 2.56. The summed E-state index contributed by atoms with van der Waals surface area (Å²) in [7, 11) is 1.30. The van der Waals surface area contributed by atoms with Gasteiger partial charge in [0.15, 0.2) is 6.10 Å². The number of benzene rings is 1. The Morgan fingerprint density at radius 2 is 1.90 bits per heavy atom. The van der Waals surface area contributed by atoms with Crippen LogP contribution in [0.2, 0.25) is 5.02 Å². The first-order valence-electron chi connectivity index (χ1n) is 5.82. The summed E-state index contributed by atoms with van der Waals surface area (Å²) in [4.78, 5) is 11.5. The van der Waals surface area contributed by atoms with E-state index < -0.39 is 15.2 Å². The highest BCUT2D eigenvalue weighted by Crippen LogP contribution is 2.30. The van der Waals surface area contributed by atoms with Gasteiger partial charge in [-0.05, 0) is 39.0 Å². The van der Waals surface area contributed by atoms with Crippen molar-refractivity contribution in [3.05, 3.63) is 23.2 Å². The van der Waals surface area contributed by atoms with E-state index in [9.17, 15) is 13.2 Å². The summed E-state index contributed by atoms with van der Waals surface area (Å²) in [5, 5.41) is 2.86. The SMILES string of the molecule is CC(C)NC(=O)C(C)Oc1ccc(Cl)cc1S(=O)(=O)Cl. The second kappa shape index (κ2) is 6.65. The third kappa shape index (κ3) is 4.85. The Bertz CT molecular complexity index is 601. The van der Waals surface area contributed by atoms with Crippen LogP contribution in [-0.4, -0.2) is 26.5 Å². The van der Waals surface area contributed by atoms with Gasteiger partial charge in [0.1, 0.15) is 10.6 Å². The molecule has 20 heavy (non-hydrogen) atoms. The lowest BCUT2D eigenvalue weighted by Crippen LogP contribution is -2.40. The number of hydrogen-bond acceptors (Lipinski definition) is 4. The van der Waals surface area contributed by atoms with E-state index in [0.717, 1.165) is 0 Å². The molecule has 0 aliphatic heterocycles. The average Bonchev–Trinajstić information content (AvgIpc) is 2.29. The Morgan fingerprint density at radius 1 is 1.30 bits per heavy atom. The van der Waals surface area contributed by atoms with Crippen molar-refractivity contribution >= 4 is 37.2 Å². The largest absolute Gasteiger partial charge is 0.479 e. The number of nitrogens with one attached hydrogen (secondary N) is 1. The van der Waals surface area contributed by atoms with Crippen LogP contribution in [0.1, 0.15) is 20.8 Å². The molecule has 1 unspecified atom stereocenters. The van der Waals surface area contributed by atoms with E-state index in [2.05, 4.69) is 5.32 Å². The molecule has 1 amide bonds. The topological polar surface area (TPSA) is 72.5 Å². The zero-order valence-corrected chi connectivity index (χ0v) is 13.5. The van der Waals surface area contributed by atoms with Crippen LogP contribution in [0.3, 0.4) is 0 Å². The van der Waals surface area contributed by atoms with Crippen molar-refractivity contribution in [1.82, 2.24) is 5.32 Å². The lowest BCUT2D eigenvalue weighted by atomic mass is 10.3. The maximum atomic E-state index is 11.7. The quantitative estimate of drug-likeness (QED) is 0.836. The molecule has 0 saturated heterocycles. The maximum absolute atomic E-state index is 11.7. The second-order valence-electron chi connectivity index (χ2n) is 4.45. The lowest BCUT2D eigenvalue weighted by Gasteiger charge is -2.17. The fourth-order valence-corrected chi connectivity index (χ4v) is 2.64. The Morgan fingerprint density at radius 3 is 2.40 bits per heavy atom. The van der Waals surface area contributed by atoms with Crippen molar-refractivity contribution in [3.63, 3.8) is 0 Å². The normalized spacial score (nSPS) is 13.1. The molecule has 0 heterocycles. The molecule has 0 spiro atoms. The highest BCUT2D eigenvalue weighted by atomic mass is 35.7. The van der Waals surface area contributed by atoms with Gasteiger partial charge in [-0.25, -0.2) is 8.42 Å². The summed E-state index contributed by atoms with van der Waals surface area (Å²) in [6, 6.07) is 3.94. The summed E-state index contributed by atoms with van der Waals surface area (Å²) in [6.45, 7) is 5.13. The van der Waals surface area contributed by atoms with Gasteiger partial charge in [0.25, 0.3) is 15.0 Å². The molecule has 5 nitrogen and oxygen atoms in total. The molecular weight excluding hydrogens is 325 g/mol. The fourth-order valence-electron chi connectivity index (χ4n) is 1.42. The van der Waals surface area contributed by atoms with Crippen LogP contribution < -0.4 is 10.1 Å². The molecule has 0 radical (unpaired) electrons. The van der Waals surface area contributed by atoms with Crippen LogP contribution in [0.25, 0.3) is 0 Å². The number of ether oxygens (including phenoxy) is 1. The van der Waals surface area contributed by atoms with Crippen LogP contribution >= 0.6 is 22.3 Å². The number of carbonyl (C=O) groups excluding carboxylic acids is 1. The first-order chi connectivity index (χ1) is 9.11. The first-order valence-corrected chi connectivity index (χ1v) is 8.51. The highest BCUT2D eigenvalue weighted by molar-refractivity contribution is 8.13. The summed E-state index contributed by atoms with van der Waals surface area (Å²) in [5.41, 5.74) is 0. The van der Waals surface area contributed by atoms with Gasteiger partial charge in [-0.15, -0.1) is 0 Å². The Balaban J connectivity index is 3.01. The van der Waals surface area contributed by atoms with Gasteiger partial charge in [-0.2, -0.15) is 0 Å². The van der Waals surface area contributed by atoms with Gasteiger partial charge in [-0.1, -0.05) is 11.6 Å². The van der Waals surface area contributed by atoms with Crippen molar-refractivity contribution in [2.75, 3.05) is 0 Å². The van der Waals surface area contributed by atoms with Gasteiger partial charge < -0.3 is 10.1 Å². The maximum Gasteiger partial charge on any atom is 0.265 e. The number of hydrogen-bond donors (Lipinski definition) is 1. The van der Waals surface area contributed by atoms with Gasteiger partial charge in [0.05, 0.1) is 0 Å². The standard InChI is InChI=1S/C12H15Cl2NO4S/c1-7(2)15-12(16)8(3)19-10-5-4-9(13)6-11(10)20(14,17)18/h4-8H,1-3H3,(H,15,16). The van der Waals surface area contributed by atoms with E-state index in [1.165, 1.54) is 25.1 Å². The summed E-state index contributed by atoms with van der Waals surface area (Å²) in [5.74, 6) is -0.372. The van der Waals surface area contributed by atoms with E-state index in [-0.39, 0.29) is 27.6 Å². The zero-order chi connectivity index (χ0) is 15.5. The summed E-state index contributed by atoms with van der Waals surface area (Å²) < 4.78 is 28.3. The molecule has 1 atom stereocenters. The van der Waals surface area contributed by atoms with E-state index >= 15 is 0 Å². The molecular formula is C12H15Cl2NO4S. The molecule has 0 bridgehead atoms. The van der Waals surface area contributed by atoms with Gasteiger partial charge >= 0.3 is 0 Å². The van der Waals surface area contributed by atoms with Gasteiger partial charge in [0.2, 0.25) is 0 Å². The monoisotopic (exact) mass is 339 g/mol. The van der Waals surface area contributed by atoms with Crippen LogP contribution in [0.4, 0.5) is 0 Å². The van der Waals surface area contributed by atoms with Crippen molar-refractivity contribution < 1.29 is 17.9 Å². The van der Waals surface area contributed by atoms with E-state index in [1.807, 2.05) is 13.8 Å². The van der Waals surface area contributed by atoms with E-state index in [0.29, 0.717) is 0 Å². The van der Waals surface area contributed by atoms with Crippen molar-refractivity contribution in [2.45, 2.75) is 37.8 Å². The van der Waals surface area contributed by atoms with E-state index in [1.54, 1.807) is 0 Å². The minimum Gasteiger partial charge on any atom is -0.479 e. The Labute approximate surface area is 127 Å². The van der Waals surface area contributed by atoms with Crippen molar-refractivity contribution in [2.24, 2.45) is 0 Å². The zero-order valence-electron chi connectivity index (χ0n) is 11.2. The molecule has 1 rings (SSSR count). The van der Waals surface area contributed by atoms with Crippen LogP contribution in [0.5, 0.6) is 5.75 Å². The molecule has 0 saturated carbocycles. The van der Waals surface area contributed by atoms with Crippen molar-refractivity contribution in [1.29, 1.82) is 0 Å². The Kier molecular flexibility index (Phi) is 5.68. The third-order valence-electron chi connectivity index (χ3n) is 2.27. The van der Waals surface area contributed by atoms with Crippen molar-refractivity contribution in [3.8, 4) is 5.75 Å². The predicted molar refractivity (Wildman–Crippen MR) is 77.9 cm³/mol. The molecule has 0 aromatic heterocycles. The molecule has 0 aliphatic rings. The lowest BCUT2D eigenvalue weighted by molar-refractivity contribution is -0.127. The summed E-state index contributed by atoms with van der Waals surface area (Å²) >= 11 is 5.73. The third-order valence-corrected chi connectivity index (χ3v) is 3.85. The minimum absolute atomic E-state index is 0.0178. The summed E-state index contributed by atoms with van der Waals surface area (Å²) in [6.07, 6.45) is -0.865. The Hall–Kier alpha value is -0.980. The second-order valence-corrected chi connectivity index (χ2v) is 7.42. The molecule has 1 N–H and O–H groups in total. The minimum atomic E-state index is -4.02. The number of rotatable bonds is 5. The molecule has 0 fully saturated rings. The number of carbonyl (C=O) groups is 1. The number of amides is 1. The van der Waals surface area contributed by atoms with E-state index in [4.69, 9.17) is 27.0 Å². The average molecular weight is 340 g/mol.